The van der Waals surface area contributed by atoms with Crippen molar-refractivity contribution in [1.29, 1.82) is 0 Å². The van der Waals surface area contributed by atoms with Crippen molar-refractivity contribution in [3.63, 3.8) is 0 Å². The number of thiophene rings is 1. The molecule has 4 rings (SSSR count). The van der Waals surface area contributed by atoms with Crippen molar-refractivity contribution in [2.24, 2.45) is 0 Å². The van der Waals surface area contributed by atoms with Crippen LogP contribution in [0.15, 0.2) is 41.8 Å². The molecular weight excluding hydrogens is 402 g/mol. The van der Waals surface area contributed by atoms with Crippen LogP contribution in [0.3, 0.4) is 0 Å². The largest absolute Gasteiger partial charge is 0.353 e. The van der Waals surface area contributed by atoms with E-state index in [0.29, 0.717) is 43.5 Å². The highest BCUT2D eigenvalue weighted by Gasteiger charge is 2.35. The average molecular weight is 426 g/mol. The van der Waals surface area contributed by atoms with Crippen LogP contribution in [-0.2, 0) is 16.0 Å². The third kappa shape index (κ3) is 4.28. The van der Waals surface area contributed by atoms with Crippen molar-refractivity contribution in [2.75, 3.05) is 19.6 Å². The van der Waals surface area contributed by atoms with Crippen LogP contribution in [0.5, 0.6) is 0 Å². The zero-order chi connectivity index (χ0) is 21.1. The molecule has 4 amide bonds. The van der Waals surface area contributed by atoms with Crippen LogP contribution in [-0.4, -0.2) is 59.1 Å². The Kier molecular flexibility index (Phi) is 5.94. The van der Waals surface area contributed by atoms with E-state index in [1.165, 1.54) is 0 Å². The minimum atomic E-state index is -0.346. The molecule has 2 aliphatic rings. The first-order chi connectivity index (χ1) is 14.5. The zero-order valence-corrected chi connectivity index (χ0v) is 17.3. The highest BCUT2D eigenvalue weighted by Crippen LogP contribution is 2.22. The number of amides is 4. The molecule has 2 aromatic rings. The molecule has 1 aromatic carbocycles. The Balaban J connectivity index is 1.21. The Labute approximate surface area is 178 Å². The second-order valence-electron chi connectivity index (χ2n) is 7.54. The monoisotopic (exact) mass is 425 g/mol. The van der Waals surface area contributed by atoms with Crippen molar-refractivity contribution in [3.8, 4) is 0 Å². The first-order valence-corrected chi connectivity index (χ1v) is 11.0. The van der Waals surface area contributed by atoms with Gasteiger partial charge in [0, 0.05) is 37.0 Å². The van der Waals surface area contributed by atoms with Gasteiger partial charge < -0.3 is 10.2 Å². The summed E-state index contributed by atoms with van der Waals surface area (Å²) < 4.78 is 0. The third-order valence-electron chi connectivity index (χ3n) is 5.56. The summed E-state index contributed by atoms with van der Waals surface area (Å²) in [7, 11) is 0. The maximum atomic E-state index is 12.4. The smallest absolute Gasteiger partial charge is 0.261 e. The van der Waals surface area contributed by atoms with Crippen LogP contribution in [0.4, 0.5) is 0 Å². The van der Waals surface area contributed by atoms with E-state index in [1.807, 2.05) is 22.4 Å². The van der Waals surface area contributed by atoms with E-state index in [1.54, 1.807) is 35.6 Å². The number of piperidine rings is 1. The van der Waals surface area contributed by atoms with Crippen LogP contribution in [0.1, 0.15) is 44.9 Å². The van der Waals surface area contributed by atoms with E-state index >= 15 is 0 Å². The molecule has 1 saturated heterocycles. The normalized spacial score (nSPS) is 16.7. The van der Waals surface area contributed by atoms with Gasteiger partial charge in [-0.3, -0.25) is 24.1 Å². The minimum absolute atomic E-state index is 0.00506. The Morgan fingerprint density at radius 2 is 1.67 bits per heavy atom. The first kappa shape index (κ1) is 20.3. The number of nitrogens with zero attached hydrogens (tertiary/aromatic N) is 2. The second kappa shape index (κ2) is 8.79. The number of nitrogens with one attached hydrogen (secondary N) is 1. The summed E-state index contributed by atoms with van der Waals surface area (Å²) in [6.07, 6.45) is 1.90. The lowest BCUT2D eigenvalue weighted by Crippen LogP contribution is -2.47. The summed E-state index contributed by atoms with van der Waals surface area (Å²) in [5.74, 6) is -0.760. The Morgan fingerprint density at radius 1 is 1.00 bits per heavy atom. The number of imide groups is 1. The van der Waals surface area contributed by atoms with Crippen molar-refractivity contribution in [2.45, 2.75) is 31.7 Å². The fourth-order valence-electron chi connectivity index (χ4n) is 3.90. The molecular formula is C22H23N3O4S. The van der Waals surface area contributed by atoms with E-state index in [-0.39, 0.29) is 42.6 Å². The lowest BCUT2D eigenvalue weighted by molar-refractivity contribution is -0.131. The highest BCUT2D eigenvalue weighted by atomic mass is 32.1. The first-order valence-electron chi connectivity index (χ1n) is 10.1. The van der Waals surface area contributed by atoms with Crippen LogP contribution in [0.25, 0.3) is 0 Å². The number of rotatable bonds is 6. The summed E-state index contributed by atoms with van der Waals surface area (Å²) in [6.45, 7) is 1.30. The Bertz CT molecular complexity index is 930. The summed E-state index contributed by atoms with van der Waals surface area (Å²) in [5, 5.41) is 4.94. The van der Waals surface area contributed by atoms with E-state index < -0.39 is 0 Å². The topological polar surface area (TPSA) is 86.8 Å². The summed E-state index contributed by atoms with van der Waals surface area (Å²) in [6, 6.07) is 10.6. The van der Waals surface area contributed by atoms with Gasteiger partial charge in [-0.1, -0.05) is 18.2 Å². The van der Waals surface area contributed by atoms with Gasteiger partial charge in [-0.05, 0) is 36.4 Å². The van der Waals surface area contributed by atoms with Crippen molar-refractivity contribution in [3.05, 3.63) is 57.8 Å². The van der Waals surface area contributed by atoms with Crippen LogP contribution in [0.2, 0.25) is 0 Å². The van der Waals surface area contributed by atoms with Gasteiger partial charge in [-0.2, -0.15) is 0 Å². The maximum Gasteiger partial charge on any atom is 0.261 e. The van der Waals surface area contributed by atoms with E-state index in [9.17, 15) is 19.2 Å². The molecule has 2 aliphatic heterocycles. The number of likely N-dealkylation sites (tertiary alicyclic amines) is 1. The molecule has 0 aliphatic carbocycles. The summed E-state index contributed by atoms with van der Waals surface area (Å²) in [5.41, 5.74) is 0.782. The summed E-state index contributed by atoms with van der Waals surface area (Å²) in [4.78, 5) is 53.5. The predicted molar refractivity (Wildman–Crippen MR) is 112 cm³/mol. The molecule has 1 N–H and O–H groups in total. The van der Waals surface area contributed by atoms with Gasteiger partial charge in [0.05, 0.1) is 17.5 Å². The lowest BCUT2D eigenvalue weighted by atomic mass is 10.0. The van der Waals surface area contributed by atoms with Crippen molar-refractivity contribution in [1.82, 2.24) is 15.1 Å². The molecule has 1 aromatic heterocycles. The zero-order valence-electron chi connectivity index (χ0n) is 16.5. The molecule has 3 heterocycles. The number of hydrogen-bond acceptors (Lipinski definition) is 5. The molecule has 30 heavy (non-hydrogen) atoms. The molecule has 1 fully saturated rings. The van der Waals surface area contributed by atoms with Gasteiger partial charge in [0.25, 0.3) is 11.8 Å². The molecule has 0 atom stereocenters. The van der Waals surface area contributed by atoms with Crippen molar-refractivity contribution >= 4 is 35.0 Å². The average Bonchev–Trinajstić information content (AvgIpc) is 3.34. The number of carbonyl (C=O) groups is 4. The second-order valence-corrected chi connectivity index (χ2v) is 8.57. The van der Waals surface area contributed by atoms with E-state index in [0.717, 1.165) is 9.78 Å². The van der Waals surface area contributed by atoms with Crippen LogP contribution >= 0.6 is 11.3 Å². The molecule has 0 spiro atoms. The minimum Gasteiger partial charge on any atom is -0.353 e. The fourth-order valence-corrected chi connectivity index (χ4v) is 4.60. The van der Waals surface area contributed by atoms with Gasteiger partial charge in [-0.15, -0.1) is 11.3 Å². The summed E-state index contributed by atoms with van der Waals surface area (Å²) >= 11 is 1.58. The van der Waals surface area contributed by atoms with E-state index in [4.69, 9.17) is 0 Å². The lowest BCUT2D eigenvalue weighted by Gasteiger charge is -2.32. The fraction of sp³-hybridized carbons (Fsp3) is 0.364. The van der Waals surface area contributed by atoms with Gasteiger partial charge in [-0.25, -0.2) is 0 Å². The standard InChI is InChI=1S/C22H23N3O4S/c26-19(9-12-25-21(28)17-5-1-2-6-18(17)22(25)29)23-15-7-10-24(11-8-15)20(27)14-16-4-3-13-30-16/h1-6,13,15H,7-12,14H2,(H,23,26). The predicted octanol–water partition coefficient (Wildman–Crippen LogP) is 2.08. The quantitative estimate of drug-likeness (QED) is 0.718. The van der Waals surface area contributed by atoms with Gasteiger partial charge in [0.1, 0.15) is 0 Å². The van der Waals surface area contributed by atoms with Crippen LogP contribution in [0, 0.1) is 0 Å². The molecule has 7 nitrogen and oxygen atoms in total. The molecule has 8 heteroatoms. The molecule has 0 radical (unpaired) electrons. The number of hydrogen-bond donors (Lipinski definition) is 1. The maximum absolute atomic E-state index is 12.4. The Hall–Kier alpha value is -3.00. The van der Waals surface area contributed by atoms with E-state index in [2.05, 4.69) is 5.32 Å². The van der Waals surface area contributed by atoms with Crippen molar-refractivity contribution < 1.29 is 19.2 Å². The molecule has 0 saturated carbocycles. The third-order valence-corrected chi connectivity index (χ3v) is 6.44. The number of fused-ring (bicyclic) bond motifs is 1. The molecule has 0 unspecified atom stereocenters. The van der Waals surface area contributed by atoms with Crippen LogP contribution < -0.4 is 5.32 Å². The van der Waals surface area contributed by atoms with Gasteiger partial charge >= 0.3 is 0 Å². The van der Waals surface area contributed by atoms with Gasteiger partial charge in [0.2, 0.25) is 11.8 Å². The molecule has 156 valence electrons. The van der Waals surface area contributed by atoms with Gasteiger partial charge in [0.15, 0.2) is 0 Å². The molecule has 0 bridgehead atoms. The Morgan fingerprint density at radius 3 is 2.27 bits per heavy atom. The SMILES string of the molecule is O=C(CCN1C(=O)c2ccccc2C1=O)NC1CCN(C(=O)Cc2cccs2)CC1. The number of carbonyl (C=O) groups excluding carboxylic acids is 4. The number of benzene rings is 1. The highest BCUT2D eigenvalue weighted by molar-refractivity contribution is 7.10.